The molecule has 2 atom stereocenters. The van der Waals surface area contributed by atoms with Crippen LogP contribution in [-0.2, 0) is 4.74 Å². The van der Waals surface area contributed by atoms with E-state index in [1.54, 1.807) is 12.1 Å². The van der Waals surface area contributed by atoms with Gasteiger partial charge in [-0.05, 0) is 47.7 Å². The van der Waals surface area contributed by atoms with E-state index in [-0.39, 0.29) is 18.0 Å². The maximum atomic E-state index is 14.4. The minimum absolute atomic E-state index is 0.0934. The normalized spacial score (nSPS) is 19.4. The number of nitrogens with one attached hydrogen (secondary N) is 1. The van der Waals surface area contributed by atoms with Gasteiger partial charge in [-0.2, -0.15) is 0 Å². The van der Waals surface area contributed by atoms with Crippen LogP contribution in [0.5, 0.6) is 0 Å². The standard InChI is InChI=1S/C16H24BrFN2O/c1-2-21-16(11-7-4-3-5-8-11)15(20-19)12-9-6-10-13(17)14(12)18/h6,9-11,15-16,20H,2-5,7-8,19H2,1H3. The monoisotopic (exact) mass is 358 g/mol. The van der Waals surface area contributed by atoms with E-state index >= 15 is 0 Å². The van der Waals surface area contributed by atoms with Crippen molar-refractivity contribution in [3.63, 3.8) is 0 Å². The predicted octanol–water partition coefficient (Wildman–Crippen LogP) is 4.08. The highest BCUT2D eigenvalue weighted by Gasteiger charge is 2.33. The number of ether oxygens (including phenoxy) is 1. The lowest BCUT2D eigenvalue weighted by Gasteiger charge is -2.35. The van der Waals surface area contributed by atoms with E-state index in [4.69, 9.17) is 10.6 Å². The summed E-state index contributed by atoms with van der Waals surface area (Å²) in [6.07, 6.45) is 5.86. The molecule has 0 heterocycles. The molecular weight excluding hydrogens is 335 g/mol. The third kappa shape index (κ3) is 4.03. The Morgan fingerprint density at radius 3 is 2.71 bits per heavy atom. The van der Waals surface area contributed by atoms with E-state index in [1.807, 2.05) is 13.0 Å². The second kappa shape index (κ2) is 8.22. The average molecular weight is 359 g/mol. The van der Waals surface area contributed by atoms with Crippen LogP contribution >= 0.6 is 15.9 Å². The largest absolute Gasteiger partial charge is 0.376 e. The molecule has 2 rings (SSSR count). The van der Waals surface area contributed by atoms with E-state index in [0.717, 1.165) is 12.8 Å². The minimum atomic E-state index is -0.328. The first-order chi connectivity index (χ1) is 10.2. The Kier molecular flexibility index (Phi) is 6.61. The van der Waals surface area contributed by atoms with Gasteiger partial charge in [0, 0.05) is 12.2 Å². The van der Waals surface area contributed by atoms with Crippen LogP contribution in [0.2, 0.25) is 0 Å². The van der Waals surface area contributed by atoms with Gasteiger partial charge in [0.05, 0.1) is 16.6 Å². The SMILES string of the molecule is CCOC(C1CCCCC1)C(NN)c1cccc(Br)c1F. The zero-order valence-corrected chi connectivity index (χ0v) is 14.0. The van der Waals surface area contributed by atoms with Crippen molar-refractivity contribution in [1.29, 1.82) is 0 Å². The number of hydrazine groups is 1. The van der Waals surface area contributed by atoms with Crippen molar-refractivity contribution in [3.05, 3.63) is 34.1 Å². The molecule has 1 aromatic rings. The fourth-order valence-electron chi connectivity index (χ4n) is 3.28. The molecule has 21 heavy (non-hydrogen) atoms. The molecule has 0 radical (unpaired) electrons. The van der Waals surface area contributed by atoms with E-state index in [0.29, 0.717) is 22.6 Å². The average Bonchev–Trinajstić information content (AvgIpc) is 2.52. The summed E-state index contributed by atoms with van der Waals surface area (Å²) in [6.45, 7) is 2.58. The molecule has 1 saturated carbocycles. The van der Waals surface area contributed by atoms with Gasteiger partial charge in [0.1, 0.15) is 5.82 Å². The molecule has 3 N–H and O–H groups in total. The number of benzene rings is 1. The molecular formula is C16H24BrFN2O. The Bertz CT molecular complexity index is 452. The summed E-state index contributed by atoms with van der Waals surface area (Å²) in [5, 5.41) is 0. The summed E-state index contributed by atoms with van der Waals surface area (Å²) in [4.78, 5) is 0. The summed E-state index contributed by atoms with van der Waals surface area (Å²) in [5.41, 5.74) is 3.35. The molecule has 0 aromatic heterocycles. The van der Waals surface area contributed by atoms with Crippen molar-refractivity contribution in [2.24, 2.45) is 11.8 Å². The topological polar surface area (TPSA) is 47.3 Å². The zero-order chi connectivity index (χ0) is 15.2. The van der Waals surface area contributed by atoms with E-state index in [1.165, 1.54) is 19.3 Å². The lowest BCUT2D eigenvalue weighted by molar-refractivity contribution is -0.0191. The van der Waals surface area contributed by atoms with Crippen molar-refractivity contribution in [2.75, 3.05) is 6.61 Å². The molecule has 118 valence electrons. The first kappa shape index (κ1) is 16.9. The number of hydrogen-bond acceptors (Lipinski definition) is 3. The number of rotatable bonds is 6. The first-order valence-corrected chi connectivity index (χ1v) is 8.50. The van der Waals surface area contributed by atoms with Crippen LogP contribution in [0.4, 0.5) is 4.39 Å². The van der Waals surface area contributed by atoms with Crippen LogP contribution in [0, 0.1) is 11.7 Å². The highest BCUT2D eigenvalue weighted by molar-refractivity contribution is 9.10. The van der Waals surface area contributed by atoms with E-state index in [2.05, 4.69) is 21.4 Å². The van der Waals surface area contributed by atoms with Gasteiger partial charge in [0.25, 0.3) is 0 Å². The predicted molar refractivity (Wildman–Crippen MR) is 86.2 cm³/mol. The van der Waals surface area contributed by atoms with Gasteiger partial charge in [0.2, 0.25) is 0 Å². The molecule has 0 amide bonds. The van der Waals surface area contributed by atoms with Crippen LogP contribution in [0.25, 0.3) is 0 Å². The highest BCUT2D eigenvalue weighted by Crippen LogP contribution is 2.35. The van der Waals surface area contributed by atoms with Gasteiger partial charge in [-0.25, -0.2) is 4.39 Å². The van der Waals surface area contributed by atoms with E-state index in [9.17, 15) is 4.39 Å². The molecule has 1 aromatic carbocycles. The molecule has 1 fully saturated rings. The lowest BCUT2D eigenvalue weighted by Crippen LogP contribution is -2.43. The second-order valence-electron chi connectivity index (χ2n) is 5.61. The van der Waals surface area contributed by atoms with Gasteiger partial charge in [0.15, 0.2) is 0 Å². The minimum Gasteiger partial charge on any atom is -0.376 e. The smallest absolute Gasteiger partial charge is 0.142 e. The number of nitrogens with two attached hydrogens (primary N) is 1. The van der Waals surface area contributed by atoms with Gasteiger partial charge < -0.3 is 4.74 Å². The molecule has 2 unspecified atom stereocenters. The zero-order valence-electron chi connectivity index (χ0n) is 12.4. The van der Waals surface area contributed by atoms with Crippen LogP contribution in [0.3, 0.4) is 0 Å². The molecule has 5 heteroatoms. The van der Waals surface area contributed by atoms with Gasteiger partial charge in [-0.3, -0.25) is 11.3 Å². The van der Waals surface area contributed by atoms with Crippen molar-refractivity contribution in [3.8, 4) is 0 Å². The quantitative estimate of drug-likeness (QED) is 0.594. The molecule has 3 nitrogen and oxygen atoms in total. The van der Waals surface area contributed by atoms with Crippen LogP contribution in [0.15, 0.2) is 22.7 Å². The molecule has 1 aliphatic carbocycles. The van der Waals surface area contributed by atoms with Crippen molar-refractivity contribution >= 4 is 15.9 Å². The van der Waals surface area contributed by atoms with Crippen molar-refractivity contribution < 1.29 is 9.13 Å². The first-order valence-electron chi connectivity index (χ1n) is 7.70. The van der Waals surface area contributed by atoms with Crippen molar-refractivity contribution in [2.45, 2.75) is 51.2 Å². The maximum Gasteiger partial charge on any atom is 0.142 e. The fraction of sp³-hybridized carbons (Fsp3) is 0.625. The Balaban J connectivity index is 2.28. The summed E-state index contributed by atoms with van der Waals surface area (Å²) < 4.78 is 20.8. The molecule has 0 aliphatic heterocycles. The van der Waals surface area contributed by atoms with Gasteiger partial charge in [-0.15, -0.1) is 0 Å². The fourth-order valence-corrected chi connectivity index (χ4v) is 3.66. The Hall–Kier alpha value is -0.490. The summed E-state index contributed by atoms with van der Waals surface area (Å²) >= 11 is 3.24. The maximum absolute atomic E-state index is 14.4. The van der Waals surface area contributed by atoms with Crippen molar-refractivity contribution in [1.82, 2.24) is 5.43 Å². The third-order valence-electron chi connectivity index (χ3n) is 4.30. The number of hydrogen-bond donors (Lipinski definition) is 2. The highest BCUT2D eigenvalue weighted by atomic mass is 79.9. The molecule has 0 bridgehead atoms. The summed E-state index contributed by atoms with van der Waals surface area (Å²) in [6, 6.07) is 4.98. The molecule has 0 saturated heterocycles. The number of halogens is 2. The Morgan fingerprint density at radius 1 is 1.38 bits per heavy atom. The second-order valence-corrected chi connectivity index (χ2v) is 6.46. The Labute approximate surface area is 134 Å². The lowest BCUT2D eigenvalue weighted by atomic mass is 9.81. The third-order valence-corrected chi connectivity index (χ3v) is 4.91. The van der Waals surface area contributed by atoms with Crippen LogP contribution in [0.1, 0.15) is 50.6 Å². The summed E-state index contributed by atoms with van der Waals surface area (Å²) in [7, 11) is 0. The molecule has 1 aliphatic rings. The van der Waals surface area contributed by atoms with Gasteiger partial charge in [-0.1, -0.05) is 31.4 Å². The summed E-state index contributed by atoms with van der Waals surface area (Å²) in [5.74, 6) is 5.92. The molecule has 0 spiro atoms. The van der Waals surface area contributed by atoms with Crippen LogP contribution in [-0.4, -0.2) is 12.7 Å². The Morgan fingerprint density at radius 2 is 2.10 bits per heavy atom. The van der Waals surface area contributed by atoms with E-state index < -0.39 is 0 Å². The van der Waals surface area contributed by atoms with Gasteiger partial charge >= 0.3 is 0 Å². The van der Waals surface area contributed by atoms with Crippen LogP contribution < -0.4 is 11.3 Å².